The van der Waals surface area contributed by atoms with Crippen molar-refractivity contribution < 1.29 is 15.0 Å². The molecular weight excluding hydrogens is 182 g/mol. The van der Waals surface area contributed by atoms with Crippen LogP contribution in [0.5, 0.6) is 0 Å². The molecule has 0 aliphatic heterocycles. The fourth-order valence-electron chi connectivity index (χ4n) is 1.27. The number of nitrogens with zero attached hydrogens (tertiary/aromatic N) is 1. The van der Waals surface area contributed by atoms with Crippen LogP contribution in [0.3, 0.4) is 0 Å². The summed E-state index contributed by atoms with van der Waals surface area (Å²) >= 11 is 0. The van der Waals surface area contributed by atoms with Gasteiger partial charge in [-0.1, -0.05) is 0 Å². The highest BCUT2D eigenvalue weighted by atomic mass is 16.4. The molecule has 1 rings (SSSR count). The lowest BCUT2D eigenvalue weighted by Gasteiger charge is -2.05. The van der Waals surface area contributed by atoms with E-state index >= 15 is 0 Å². The van der Waals surface area contributed by atoms with Gasteiger partial charge in [-0.25, -0.2) is 4.79 Å². The quantitative estimate of drug-likeness (QED) is 0.732. The lowest BCUT2D eigenvalue weighted by atomic mass is 10.00. The first kappa shape index (κ1) is 10.2. The standard InChI is InChI=1S/C10H9NO3/c1-6-2-7(10(13)14)3-8(5-12)9(6)4-11/h2-3,12H,5H2,1H3,(H,13,14). The van der Waals surface area contributed by atoms with Gasteiger partial charge in [0.2, 0.25) is 0 Å². The minimum atomic E-state index is -1.06. The number of aliphatic hydroxyl groups is 1. The molecular formula is C10H9NO3. The van der Waals surface area contributed by atoms with E-state index in [1.165, 1.54) is 12.1 Å². The molecule has 0 spiro atoms. The maximum Gasteiger partial charge on any atom is 0.335 e. The Morgan fingerprint density at radius 2 is 2.21 bits per heavy atom. The number of aromatic carboxylic acids is 1. The van der Waals surface area contributed by atoms with Crippen LogP contribution in [0.15, 0.2) is 12.1 Å². The average molecular weight is 191 g/mol. The summed E-state index contributed by atoms with van der Waals surface area (Å²) in [5.74, 6) is -1.06. The number of carboxylic acid groups (broad SMARTS) is 1. The maximum atomic E-state index is 10.7. The molecule has 1 aromatic carbocycles. The van der Waals surface area contributed by atoms with Gasteiger partial charge < -0.3 is 10.2 Å². The van der Waals surface area contributed by atoms with Gasteiger partial charge in [0.25, 0.3) is 0 Å². The van der Waals surface area contributed by atoms with Crippen LogP contribution in [0.1, 0.15) is 27.0 Å². The summed E-state index contributed by atoms with van der Waals surface area (Å²) in [4.78, 5) is 10.7. The normalized spacial score (nSPS) is 9.50. The minimum absolute atomic E-state index is 0.0885. The molecule has 0 fully saturated rings. The summed E-state index contributed by atoms with van der Waals surface area (Å²) in [7, 11) is 0. The van der Waals surface area contributed by atoms with Gasteiger partial charge in [0, 0.05) is 0 Å². The van der Waals surface area contributed by atoms with E-state index in [1.807, 2.05) is 6.07 Å². The summed E-state index contributed by atoms with van der Waals surface area (Å²) in [5.41, 5.74) is 1.35. The molecule has 14 heavy (non-hydrogen) atoms. The summed E-state index contributed by atoms with van der Waals surface area (Å²) in [6.45, 7) is 1.31. The Balaban J connectivity index is 3.40. The van der Waals surface area contributed by atoms with Crippen LogP contribution in [0.4, 0.5) is 0 Å². The van der Waals surface area contributed by atoms with E-state index in [1.54, 1.807) is 6.92 Å². The van der Waals surface area contributed by atoms with Crippen molar-refractivity contribution in [3.63, 3.8) is 0 Å². The van der Waals surface area contributed by atoms with Gasteiger partial charge in [0.05, 0.1) is 23.8 Å². The van der Waals surface area contributed by atoms with Crippen molar-refractivity contribution in [1.82, 2.24) is 0 Å². The number of carboxylic acids is 1. The van der Waals surface area contributed by atoms with E-state index in [9.17, 15) is 4.79 Å². The molecule has 2 N–H and O–H groups in total. The Kier molecular flexibility index (Phi) is 2.85. The number of nitriles is 1. The Labute approximate surface area is 81.0 Å². The fraction of sp³-hybridized carbons (Fsp3) is 0.200. The highest BCUT2D eigenvalue weighted by Crippen LogP contribution is 2.16. The molecule has 4 nitrogen and oxygen atoms in total. The summed E-state index contributed by atoms with van der Waals surface area (Å²) in [5, 5.41) is 26.4. The first-order valence-corrected chi connectivity index (χ1v) is 3.98. The Morgan fingerprint density at radius 1 is 1.57 bits per heavy atom. The summed E-state index contributed by atoms with van der Waals surface area (Å²) in [6.07, 6.45) is 0. The number of carbonyl (C=O) groups is 1. The zero-order valence-electron chi connectivity index (χ0n) is 7.61. The maximum absolute atomic E-state index is 10.7. The Hall–Kier alpha value is -1.86. The molecule has 0 atom stereocenters. The molecule has 0 aliphatic rings. The molecule has 4 heteroatoms. The highest BCUT2D eigenvalue weighted by molar-refractivity contribution is 5.88. The average Bonchev–Trinajstić information content (AvgIpc) is 2.16. The van der Waals surface area contributed by atoms with Gasteiger partial charge in [0.1, 0.15) is 0 Å². The second kappa shape index (κ2) is 3.90. The fourth-order valence-corrected chi connectivity index (χ4v) is 1.27. The zero-order valence-corrected chi connectivity index (χ0v) is 7.61. The van der Waals surface area contributed by atoms with Crippen molar-refractivity contribution >= 4 is 5.97 Å². The monoisotopic (exact) mass is 191 g/mol. The number of hydrogen-bond acceptors (Lipinski definition) is 3. The zero-order chi connectivity index (χ0) is 10.7. The van der Waals surface area contributed by atoms with Crippen LogP contribution < -0.4 is 0 Å². The van der Waals surface area contributed by atoms with Crippen LogP contribution in [-0.4, -0.2) is 16.2 Å². The van der Waals surface area contributed by atoms with Crippen LogP contribution in [0.25, 0.3) is 0 Å². The number of aryl methyl sites for hydroxylation is 1. The molecule has 0 aromatic heterocycles. The van der Waals surface area contributed by atoms with E-state index in [0.717, 1.165) is 0 Å². The summed E-state index contributed by atoms with van der Waals surface area (Å²) < 4.78 is 0. The van der Waals surface area contributed by atoms with Crippen molar-refractivity contribution in [2.45, 2.75) is 13.5 Å². The third-order valence-electron chi connectivity index (χ3n) is 1.95. The van der Waals surface area contributed by atoms with Gasteiger partial charge in [-0.05, 0) is 30.2 Å². The minimum Gasteiger partial charge on any atom is -0.478 e. The third-order valence-corrected chi connectivity index (χ3v) is 1.95. The van der Waals surface area contributed by atoms with Crippen LogP contribution in [0.2, 0.25) is 0 Å². The topological polar surface area (TPSA) is 81.3 Å². The SMILES string of the molecule is Cc1cc(C(=O)O)cc(CO)c1C#N. The van der Waals surface area contributed by atoms with Gasteiger partial charge in [-0.3, -0.25) is 0 Å². The third kappa shape index (κ3) is 1.73. The van der Waals surface area contributed by atoms with Crippen molar-refractivity contribution in [2.75, 3.05) is 0 Å². The van der Waals surface area contributed by atoms with Gasteiger partial charge in [-0.15, -0.1) is 0 Å². The number of hydrogen-bond donors (Lipinski definition) is 2. The van der Waals surface area contributed by atoms with Crippen LogP contribution in [0, 0.1) is 18.3 Å². The molecule has 1 aromatic rings. The lowest BCUT2D eigenvalue weighted by molar-refractivity contribution is 0.0696. The van der Waals surface area contributed by atoms with Gasteiger partial charge >= 0.3 is 5.97 Å². The van der Waals surface area contributed by atoms with E-state index in [0.29, 0.717) is 16.7 Å². The molecule has 72 valence electrons. The molecule has 0 bridgehead atoms. The van der Waals surface area contributed by atoms with E-state index in [4.69, 9.17) is 15.5 Å². The Bertz CT molecular complexity index is 418. The second-order valence-corrected chi connectivity index (χ2v) is 2.90. The first-order chi connectivity index (χ1) is 6.60. The molecule has 0 saturated heterocycles. The largest absolute Gasteiger partial charge is 0.478 e. The van der Waals surface area contributed by atoms with E-state index < -0.39 is 5.97 Å². The molecule has 0 radical (unpaired) electrons. The van der Waals surface area contributed by atoms with Gasteiger partial charge in [0.15, 0.2) is 0 Å². The van der Waals surface area contributed by atoms with Crippen molar-refractivity contribution in [2.24, 2.45) is 0 Å². The highest BCUT2D eigenvalue weighted by Gasteiger charge is 2.10. The van der Waals surface area contributed by atoms with Crippen molar-refractivity contribution in [3.05, 3.63) is 34.4 Å². The molecule has 0 amide bonds. The van der Waals surface area contributed by atoms with E-state index in [-0.39, 0.29) is 12.2 Å². The van der Waals surface area contributed by atoms with Crippen LogP contribution in [-0.2, 0) is 6.61 Å². The predicted octanol–water partition coefficient (Wildman–Crippen LogP) is 1.06. The Morgan fingerprint density at radius 3 is 2.64 bits per heavy atom. The van der Waals surface area contributed by atoms with Gasteiger partial charge in [-0.2, -0.15) is 5.26 Å². The van der Waals surface area contributed by atoms with Crippen molar-refractivity contribution in [1.29, 1.82) is 5.26 Å². The molecule has 0 unspecified atom stereocenters. The summed E-state index contributed by atoms with van der Waals surface area (Å²) in [6, 6.07) is 4.66. The molecule has 0 heterocycles. The first-order valence-electron chi connectivity index (χ1n) is 3.98. The number of aliphatic hydroxyl groups excluding tert-OH is 1. The number of benzene rings is 1. The van der Waals surface area contributed by atoms with Crippen molar-refractivity contribution in [3.8, 4) is 6.07 Å². The smallest absolute Gasteiger partial charge is 0.335 e. The molecule has 0 saturated carbocycles. The molecule has 0 aliphatic carbocycles. The number of rotatable bonds is 2. The van der Waals surface area contributed by atoms with E-state index in [2.05, 4.69) is 0 Å². The lowest BCUT2D eigenvalue weighted by Crippen LogP contribution is -2.02. The predicted molar refractivity (Wildman–Crippen MR) is 48.8 cm³/mol. The second-order valence-electron chi connectivity index (χ2n) is 2.90. The van der Waals surface area contributed by atoms with Crippen LogP contribution >= 0.6 is 0 Å².